The number of nitrogens with zero attached hydrogens (tertiary/aromatic N) is 1. The summed E-state index contributed by atoms with van der Waals surface area (Å²) in [5.41, 5.74) is -0.557. The summed E-state index contributed by atoms with van der Waals surface area (Å²) < 4.78 is 5.22. The summed E-state index contributed by atoms with van der Waals surface area (Å²) in [5.74, 6) is -0.657. The summed E-state index contributed by atoms with van der Waals surface area (Å²) in [6.07, 6.45) is 14.1. The first-order valence-electron chi connectivity index (χ1n) is 11.0. The van der Waals surface area contributed by atoms with E-state index in [-0.39, 0.29) is 18.4 Å². The maximum absolute atomic E-state index is 11.9. The Morgan fingerprint density at radius 3 is 1.82 bits per heavy atom. The molecule has 0 aromatic rings. The molecule has 0 aliphatic rings. The fourth-order valence-corrected chi connectivity index (χ4v) is 2.89. The first-order valence-corrected chi connectivity index (χ1v) is 11.0. The zero-order chi connectivity index (χ0) is 21.4. The molecule has 0 fully saturated rings. The Morgan fingerprint density at radius 2 is 1.36 bits per heavy atom. The average Bonchev–Trinajstić information content (AvgIpc) is 2.57. The maximum Gasteiger partial charge on any atom is 0.326 e. The van der Waals surface area contributed by atoms with Crippen molar-refractivity contribution in [3.8, 4) is 0 Å². The Labute approximate surface area is 172 Å². The lowest BCUT2D eigenvalue weighted by Gasteiger charge is -2.23. The molecule has 0 aromatic heterocycles. The molecule has 0 rings (SSSR count). The molecular formula is C22H43N3O3. The number of ether oxygens (including phenoxy) is 1. The zero-order valence-electron chi connectivity index (χ0n) is 18.9. The molecule has 6 nitrogen and oxygen atoms in total. The smallest absolute Gasteiger partial charge is 0.326 e. The lowest BCUT2D eigenvalue weighted by Crippen LogP contribution is -2.44. The first kappa shape index (κ1) is 26.4. The number of carbonyl (C=O) groups excluding carboxylic acids is 2. The van der Waals surface area contributed by atoms with Crippen LogP contribution in [0.4, 0.5) is 0 Å². The number of nitrogens with one attached hydrogen (secondary N) is 2. The van der Waals surface area contributed by atoms with Gasteiger partial charge in [-0.2, -0.15) is 0 Å². The Kier molecular flexibility index (Phi) is 14.5. The van der Waals surface area contributed by atoms with Gasteiger partial charge in [-0.1, -0.05) is 71.1 Å². The number of hydrogen-bond donors (Lipinski definition) is 2. The Morgan fingerprint density at radius 1 is 0.893 bits per heavy atom. The van der Waals surface area contributed by atoms with Gasteiger partial charge in [-0.05, 0) is 27.2 Å². The normalized spacial score (nSPS) is 11.2. The number of rotatable bonds is 14. The van der Waals surface area contributed by atoms with Crippen LogP contribution < -0.4 is 5.32 Å². The van der Waals surface area contributed by atoms with E-state index in [9.17, 15) is 9.59 Å². The summed E-state index contributed by atoms with van der Waals surface area (Å²) in [6.45, 7) is 7.57. The molecule has 0 unspecified atom stereocenters. The third-order valence-electron chi connectivity index (χ3n) is 4.43. The van der Waals surface area contributed by atoms with Gasteiger partial charge in [-0.15, -0.1) is 0 Å². The molecule has 6 heteroatoms. The molecule has 28 heavy (non-hydrogen) atoms. The zero-order valence-corrected chi connectivity index (χ0v) is 18.9. The van der Waals surface area contributed by atoms with Gasteiger partial charge < -0.3 is 9.64 Å². The van der Waals surface area contributed by atoms with E-state index in [4.69, 9.17) is 10.1 Å². The van der Waals surface area contributed by atoms with Crippen LogP contribution in [-0.4, -0.2) is 41.9 Å². The van der Waals surface area contributed by atoms with E-state index in [0.29, 0.717) is 6.42 Å². The van der Waals surface area contributed by atoms with Crippen LogP contribution in [0.25, 0.3) is 0 Å². The number of unbranched alkanes of at least 4 members (excludes halogenated alkanes) is 10. The van der Waals surface area contributed by atoms with Crippen LogP contribution in [0, 0.1) is 5.41 Å². The van der Waals surface area contributed by atoms with Crippen LogP contribution in [0.15, 0.2) is 0 Å². The van der Waals surface area contributed by atoms with Crippen LogP contribution in [0.3, 0.4) is 0 Å². The highest BCUT2D eigenvalue weighted by molar-refractivity contribution is 5.96. The van der Waals surface area contributed by atoms with Gasteiger partial charge in [0.05, 0.1) is 0 Å². The van der Waals surface area contributed by atoms with Gasteiger partial charge in [0.15, 0.2) is 5.96 Å². The molecule has 0 saturated carbocycles. The number of hydrogen-bond acceptors (Lipinski definition) is 4. The molecule has 1 amide bonds. The summed E-state index contributed by atoms with van der Waals surface area (Å²) in [5, 5.41) is 10.4. The summed E-state index contributed by atoms with van der Waals surface area (Å²) >= 11 is 0. The number of guanidine groups is 1. The van der Waals surface area contributed by atoms with Crippen molar-refractivity contribution in [1.82, 2.24) is 10.2 Å². The highest BCUT2D eigenvalue weighted by Crippen LogP contribution is 2.12. The Hall–Kier alpha value is -1.59. The van der Waals surface area contributed by atoms with Gasteiger partial charge in [0, 0.05) is 13.5 Å². The highest BCUT2D eigenvalue weighted by Gasteiger charge is 2.19. The highest BCUT2D eigenvalue weighted by atomic mass is 16.6. The van der Waals surface area contributed by atoms with Crippen molar-refractivity contribution >= 4 is 17.8 Å². The summed E-state index contributed by atoms with van der Waals surface area (Å²) in [6, 6.07) is 0. The molecule has 0 atom stereocenters. The van der Waals surface area contributed by atoms with Gasteiger partial charge in [0.25, 0.3) is 0 Å². The Balaban J connectivity index is 3.69. The van der Waals surface area contributed by atoms with Crippen molar-refractivity contribution < 1.29 is 14.3 Å². The minimum atomic E-state index is -0.557. The quantitative estimate of drug-likeness (QED) is 0.187. The Bertz CT molecular complexity index is 458. The van der Waals surface area contributed by atoms with E-state index in [2.05, 4.69) is 12.2 Å². The van der Waals surface area contributed by atoms with E-state index in [1.54, 1.807) is 27.8 Å². The molecule has 0 radical (unpaired) electrons. The van der Waals surface area contributed by atoms with Gasteiger partial charge in [-0.3, -0.25) is 20.3 Å². The third-order valence-corrected chi connectivity index (χ3v) is 4.43. The van der Waals surface area contributed by atoms with E-state index in [1.165, 1.54) is 56.3 Å². The van der Waals surface area contributed by atoms with Crippen molar-refractivity contribution in [1.29, 1.82) is 5.41 Å². The van der Waals surface area contributed by atoms with Crippen molar-refractivity contribution in [2.75, 3.05) is 13.6 Å². The molecule has 0 bridgehead atoms. The molecule has 2 N–H and O–H groups in total. The lowest BCUT2D eigenvalue weighted by molar-refractivity contribution is -0.155. The monoisotopic (exact) mass is 397 g/mol. The minimum Gasteiger partial charge on any atom is -0.459 e. The van der Waals surface area contributed by atoms with Crippen molar-refractivity contribution in [2.45, 2.75) is 110 Å². The van der Waals surface area contributed by atoms with Crippen LogP contribution in [0.1, 0.15) is 105 Å². The van der Waals surface area contributed by atoms with Crippen LogP contribution in [0.2, 0.25) is 0 Å². The van der Waals surface area contributed by atoms with E-state index < -0.39 is 11.6 Å². The number of carbonyl (C=O) groups is 2. The summed E-state index contributed by atoms with van der Waals surface area (Å²) in [7, 11) is 1.59. The van der Waals surface area contributed by atoms with Gasteiger partial charge >= 0.3 is 5.97 Å². The molecular weight excluding hydrogens is 354 g/mol. The van der Waals surface area contributed by atoms with Gasteiger partial charge in [0.1, 0.15) is 12.1 Å². The fourth-order valence-electron chi connectivity index (χ4n) is 2.89. The van der Waals surface area contributed by atoms with Gasteiger partial charge in [-0.25, -0.2) is 0 Å². The van der Waals surface area contributed by atoms with Crippen LogP contribution in [-0.2, 0) is 14.3 Å². The van der Waals surface area contributed by atoms with Crippen molar-refractivity contribution in [3.63, 3.8) is 0 Å². The molecule has 0 saturated heterocycles. The molecule has 0 heterocycles. The standard InChI is InChI=1S/C22H43N3O3/c1-6-7-8-9-10-11-12-13-14-15-16-17-19(26)24-21(23)25(5)18-20(27)28-22(2,3)4/h6-18H2,1-5H3,(H2,23,24,26). The second-order valence-electron chi connectivity index (χ2n) is 8.62. The number of likely N-dealkylation sites (N-methyl/N-ethyl adjacent to an activating group) is 1. The van der Waals surface area contributed by atoms with E-state index in [0.717, 1.165) is 19.3 Å². The second-order valence-corrected chi connectivity index (χ2v) is 8.62. The van der Waals surface area contributed by atoms with Crippen LogP contribution in [0.5, 0.6) is 0 Å². The fraction of sp³-hybridized carbons (Fsp3) is 0.864. The van der Waals surface area contributed by atoms with Crippen LogP contribution >= 0.6 is 0 Å². The second kappa shape index (κ2) is 15.3. The number of amides is 1. The van der Waals surface area contributed by atoms with Crippen molar-refractivity contribution in [3.05, 3.63) is 0 Å². The predicted molar refractivity (Wildman–Crippen MR) is 115 cm³/mol. The predicted octanol–water partition coefficient (Wildman–Crippen LogP) is 5.01. The van der Waals surface area contributed by atoms with E-state index in [1.807, 2.05) is 0 Å². The molecule has 0 spiro atoms. The minimum absolute atomic E-state index is 0.0607. The van der Waals surface area contributed by atoms with Crippen molar-refractivity contribution in [2.24, 2.45) is 0 Å². The third kappa shape index (κ3) is 16.6. The van der Waals surface area contributed by atoms with Gasteiger partial charge in [0.2, 0.25) is 5.91 Å². The molecule has 164 valence electrons. The maximum atomic E-state index is 11.9. The molecule has 0 aromatic carbocycles. The first-order chi connectivity index (χ1) is 13.2. The topological polar surface area (TPSA) is 82.5 Å². The lowest BCUT2D eigenvalue weighted by atomic mass is 10.1. The molecule has 0 aliphatic carbocycles. The largest absolute Gasteiger partial charge is 0.459 e. The average molecular weight is 398 g/mol. The summed E-state index contributed by atoms with van der Waals surface area (Å²) in [4.78, 5) is 25.1. The van der Waals surface area contributed by atoms with E-state index >= 15 is 0 Å². The number of esters is 1. The molecule has 0 aliphatic heterocycles. The SMILES string of the molecule is CCCCCCCCCCCCCC(=O)NC(=N)N(C)CC(=O)OC(C)(C)C.